The topological polar surface area (TPSA) is 127 Å². The Balaban J connectivity index is 0. The van der Waals surface area contributed by atoms with Crippen LogP contribution in [0.15, 0.2) is 0 Å². The molecule has 0 rings (SSSR count). The van der Waals surface area contributed by atoms with Gasteiger partial charge in [0.05, 0.1) is 0 Å². The van der Waals surface area contributed by atoms with Gasteiger partial charge in [0.25, 0.3) is 0 Å². The summed E-state index contributed by atoms with van der Waals surface area (Å²) in [5.41, 5.74) is 10.4. The summed E-state index contributed by atoms with van der Waals surface area (Å²) < 4.78 is 0. The van der Waals surface area contributed by atoms with E-state index in [1.807, 2.05) is 0 Å². The SMILES string of the molecule is NCCCC(=O)O.NCCCCCCCCCCCC(=O)O. The van der Waals surface area contributed by atoms with E-state index in [4.69, 9.17) is 21.7 Å². The van der Waals surface area contributed by atoms with E-state index in [-0.39, 0.29) is 6.42 Å². The molecule has 6 nitrogen and oxygen atoms in total. The zero-order chi connectivity index (χ0) is 17.1. The van der Waals surface area contributed by atoms with E-state index in [0.29, 0.717) is 19.4 Å². The van der Waals surface area contributed by atoms with Crippen LogP contribution in [0.5, 0.6) is 0 Å². The fourth-order valence-electron chi connectivity index (χ4n) is 1.91. The Hall–Kier alpha value is -1.14. The molecule has 0 aromatic heterocycles. The first-order valence-electron chi connectivity index (χ1n) is 8.38. The van der Waals surface area contributed by atoms with Gasteiger partial charge in [0.1, 0.15) is 0 Å². The smallest absolute Gasteiger partial charge is 0.303 e. The summed E-state index contributed by atoms with van der Waals surface area (Å²) >= 11 is 0. The van der Waals surface area contributed by atoms with Crippen molar-refractivity contribution in [2.75, 3.05) is 13.1 Å². The third kappa shape index (κ3) is 27.2. The Morgan fingerprint density at radius 1 is 0.545 bits per heavy atom. The summed E-state index contributed by atoms with van der Waals surface area (Å²) in [5, 5.41) is 16.4. The monoisotopic (exact) mass is 318 g/mol. The summed E-state index contributed by atoms with van der Waals surface area (Å²) in [6.07, 6.45) is 11.7. The molecule has 0 heterocycles. The molecular weight excluding hydrogens is 284 g/mol. The van der Waals surface area contributed by atoms with Crippen LogP contribution >= 0.6 is 0 Å². The molecule has 0 aliphatic heterocycles. The average molecular weight is 318 g/mol. The van der Waals surface area contributed by atoms with E-state index >= 15 is 0 Å². The largest absolute Gasteiger partial charge is 0.481 e. The minimum Gasteiger partial charge on any atom is -0.481 e. The highest BCUT2D eigenvalue weighted by Gasteiger charge is 1.96. The van der Waals surface area contributed by atoms with E-state index in [2.05, 4.69) is 0 Å². The van der Waals surface area contributed by atoms with Crippen molar-refractivity contribution in [2.24, 2.45) is 11.5 Å². The predicted octanol–water partition coefficient (Wildman–Crippen LogP) is 2.74. The first-order chi connectivity index (χ1) is 10.5. The number of carboxylic acids is 2. The fourth-order valence-corrected chi connectivity index (χ4v) is 1.91. The van der Waals surface area contributed by atoms with Gasteiger partial charge < -0.3 is 21.7 Å². The van der Waals surface area contributed by atoms with E-state index in [1.165, 1.54) is 38.5 Å². The van der Waals surface area contributed by atoms with Crippen LogP contribution in [-0.4, -0.2) is 35.2 Å². The molecule has 132 valence electrons. The second kappa shape index (κ2) is 19.9. The summed E-state index contributed by atoms with van der Waals surface area (Å²) in [5.74, 6) is -1.44. The molecule has 0 unspecified atom stereocenters. The van der Waals surface area contributed by atoms with Gasteiger partial charge >= 0.3 is 11.9 Å². The van der Waals surface area contributed by atoms with Gasteiger partial charge in [-0.2, -0.15) is 0 Å². The summed E-state index contributed by atoms with van der Waals surface area (Å²) in [7, 11) is 0. The summed E-state index contributed by atoms with van der Waals surface area (Å²) in [6, 6.07) is 0. The van der Waals surface area contributed by atoms with Crippen molar-refractivity contribution in [2.45, 2.75) is 77.0 Å². The van der Waals surface area contributed by atoms with Crippen molar-refractivity contribution in [1.29, 1.82) is 0 Å². The molecule has 0 aromatic rings. The standard InChI is InChI=1S/C12H25NO2.C4H9NO2/c13-11-9-7-5-3-1-2-4-6-8-10-12(14)15;5-3-1-2-4(6)7/h1-11,13H2,(H,14,15);1-3,5H2,(H,6,7). The molecule has 6 heteroatoms. The number of hydrogen-bond donors (Lipinski definition) is 4. The quantitative estimate of drug-likeness (QED) is 0.365. The maximum absolute atomic E-state index is 10.2. The number of unbranched alkanes of at least 4 members (excludes halogenated alkanes) is 8. The number of rotatable bonds is 14. The molecule has 0 spiro atoms. The van der Waals surface area contributed by atoms with Gasteiger partial charge in [-0.25, -0.2) is 0 Å². The van der Waals surface area contributed by atoms with Crippen LogP contribution in [-0.2, 0) is 9.59 Å². The highest BCUT2D eigenvalue weighted by Crippen LogP contribution is 2.10. The van der Waals surface area contributed by atoms with Gasteiger partial charge in [-0.3, -0.25) is 9.59 Å². The highest BCUT2D eigenvalue weighted by atomic mass is 16.4. The zero-order valence-corrected chi connectivity index (χ0v) is 13.8. The Labute approximate surface area is 134 Å². The van der Waals surface area contributed by atoms with Crippen LogP contribution < -0.4 is 11.5 Å². The lowest BCUT2D eigenvalue weighted by Gasteiger charge is -2.01. The third-order valence-electron chi connectivity index (χ3n) is 3.19. The predicted molar refractivity (Wildman–Crippen MR) is 88.8 cm³/mol. The number of carboxylic acid groups (broad SMARTS) is 2. The molecule has 0 bridgehead atoms. The maximum Gasteiger partial charge on any atom is 0.303 e. The Bertz CT molecular complexity index is 261. The van der Waals surface area contributed by atoms with Crippen LogP contribution in [0.4, 0.5) is 0 Å². The molecule has 0 aliphatic rings. The van der Waals surface area contributed by atoms with Crippen molar-refractivity contribution >= 4 is 11.9 Å². The molecule has 0 atom stereocenters. The van der Waals surface area contributed by atoms with Crippen LogP contribution in [0.3, 0.4) is 0 Å². The fraction of sp³-hybridized carbons (Fsp3) is 0.875. The van der Waals surface area contributed by atoms with Crippen molar-refractivity contribution < 1.29 is 19.8 Å². The van der Waals surface area contributed by atoms with Crippen molar-refractivity contribution in [1.82, 2.24) is 0 Å². The van der Waals surface area contributed by atoms with Crippen LogP contribution in [0.1, 0.15) is 77.0 Å². The van der Waals surface area contributed by atoms with Gasteiger partial charge in [0.2, 0.25) is 0 Å². The summed E-state index contributed by atoms with van der Waals surface area (Å²) in [6.45, 7) is 1.28. The lowest BCUT2D eigenvalue weighted by molar-refractivity contribution is -0.138. The Kier molecular flexibility index (Phi) is 20.9. The minimum atomic E-state index is -0.773. The second-order valence-corrected chi connectivity index (χ2v) is 5.40. The minimum absolute atomic E-state index is 0.191. The van der Waals surface area contributed by atoms with E-state index in [1.54, 1.807) is 0 Å². The molecule has 0 aliphatic carbocycles. The highest BCUT2D eigenvalue weighted by molar-refractivity contribution is 5.66. The number of nitrogens with two attached hydrogens (primary N) is 2. The number of carbonyl (C=O) groups is 2. The number of aliphatic carboxylic acids is 2. The molecule has 0 amide bonds. The molecule has 0 fully saturated rings. The Morgan fingerprint density at radius 3 is 1.18 bits per heavy atom. The lowest BCUT2D eigenvalue weighted by atomic mass is 10.1. The first-order valence-corrected chi connectivity index (χ1v) is 8.38. The molecule has 0 aromatic carbocycles. The lowest BCUT2D eigenvalue weighted by Crippen LogP contribution is -2.02. The zero-order valence-electron chi connectivity index (χ0n) is 13.8. The van der Waals surface area contributed by atoms with Gasteiger partial charge in [-0.15, -0.1) is 0 Å². The summed E-state index contributed by atoms with van der Waals surface area (Å²) in [4.78, 5) is 19.9. The van der Waals surface area contributed by atoms with E-state index < -0.39 is 11.9 Å². The number of hydrogen-bond acceptors (Lipinski definition) is 4. The second-order valence-electron chi connectivity index (χ2n) is 5.40. The molecular formula is C16H34N2O4. The van der Waals surface area contributed by atoms with E-state index in [0.717, 1.165) is 25.8 Å². The van der Waals surface area contributed by atoms with Gasteiger partial charge in [0, 0.05) is 12.8 Å². The van der Waals surface area contributed by atoms with Gasteiger partial charge in [-0.05, 0) is 32.4 Å². The van der Waals surface area contributed by atoms with Crippen molar-refractivity contribution in [3.8, 4) is 0 Å². The van der Waals surface area contributed by atoms with Gasteiger partial charge in [0.15, 0.2) is 0 Å². The molecule has 0 radical (unpaired) electrons. The third-order valence-corrected chi connectivity index (χ3v) is 3.19. The van der Waals surface area contributed by atoms with Crippen LogP contribution in [0.25, 0.3) is 0 Å². The van der Waals surface area contributed by atoms with Gasteiger partial charge in [-0.1, -0.05) is 44.9 Å². The van der Waals surface area contributed by atoms with Crippen molar-refractivity contribution in [3.05, 3.63) is 0 Å². The Morgan fingerprint density at radius 2 is 0.864 bits per heavy atom. The van der Waals surface area contributed by atoms with Crippen LogP contribution in [0, 0.1) is 0 Å². The molecule has 0 saturated carbocycles. The van der Waals surface area contributed by atoms with Crippen LogP contribution in [0.2, 0.25) is 0 Å². The molecule has 6 N–H and O–H groups in total. The normalized spacial score (nSPS) is 9.91. The van der Waals surface area contributed by atoms with E-state index in [9.17, 15) is 9.59 Å². The molecule has 22 heavy (non-hydrogen) atoms. The molecule has 0 saturated heterocycles. The van der Waals surface area contributed by atoms with Crippen molar-refractivity contribution in [3.63, 3.8) is 0 Å². The average Bonchev–Trinajstić information content (AvgIpc) is 2.47. The first kappa shape index (κ1) is 23.1. The maximum atomic E-state index is 10.2.